The van der Waals surface area contributed by atoms with Gasteiger partial charge in [-0.25, -0.2) is 9.97 Å². The first kappa shape index (κ1) is 12.7. The Bertz CT molecular complexity index is 559. The van der Waals surface area contributed by atoms with Crippen LogP contribution in [0.15, 0.2) is 24.4 Å². The molecule has 7 heteroatoms. The quantitative estimate of drug-likeness (QED) is 0.637. The number of halogens is 4. The Morgan fingerprint density at radius 3 is 2.35 bits per heavy atom. The maximum absolute atomic E-state index is 6.01. The molecule has 0 bridgehead atoms. The lowest BCUT2D eigenvalue weighted by Gasteiger charge is -2.08. The average molecular weight is 309 g/mol. The van der Waals surface area contributed by atoms with E-state index in [1.54, 1.807) is 18.2 Å². The standard InChI is InChI=1S/C10H5Cl4N3/c11-5-3-7(13)8(4-6(5)12)16-9-1-2-15-10(14)17-9/h1-4H,(H,15,16,17). The minimum atomic E-state index is 0.145. The predicted octanol–water partition coefficient (Wildman–Crippen LogP) is 4.83. The van der Waals surface area contributed by atoms with E-state index in [1.807, 2.05) is 0 Å². The molecule has 88 valence electrons. The van der Waals surface area contributed by atoms with E-state index in [0.29, 0.717) is 26.6 Å². The van der Waals surface area contributed by atoms with Gasteiger partial charge in [0.1, 0.15) is 5.82 Å². The number of nitrogens with zero attached hydrogens (tertiary/aromatic N) is 2. The fraction of sp³-hybridized carbons (Fsp3) is 0. The van der Waals surface area contributed by atoms with Gasteiger partial charge in [-0.1, -0.05) is 34.8 Å². The largest absolute Gasteiger partial charge is 0.339 e. The fourth-order valence-corrected chi connectivity index (χ4v) is 1.90. The fourth-order valence-electron chi connectivity index (χ4n) is 1.16. The molecular weight excluding hydrogens is 304 g/mol. The van der Waals surface area contributed by atoms with E-state index >= 15 is 0 Å². The van der Waals surface area contributed by atoms with Crippen LogP contribution in [0.25, 0.3) is 0 Å². The molecular formula is C10H5Cl4N3. The zero-order chi connectivity index (χ0) is 12.4. The molecule has 2 rings (SSSR count). The summed E-state index contributed by atoms with van der Waals surface area (Å²) in [5.41, 5.74) is 0.593. The molecule has 1 aromatic carbocycles. The third kappa shape index (κ3) is 3.13. The van der Waals surface area contributed by atoms with Gasteiger partial charge in [0.2, 0.25) is 5.28 Å². The Morgan fingerprint density at radius 2 is 1.65 bits per heavy atom. The molecule has 0 saturated carbocycles. The van der Waals surface area contributed by atoms with Crippen LogP contribution in [0.3, 0.4) is 0 Å². The predicted molar refractivity (Wildman–Crippen MR) is 71.8 cm³/mol. The summed E-state index contributed by atoms with van der Waals surface area (Å²) in [7, 11) is 0. The number of rotatable bonds is 2. The number of hydrogen-bond acceptors (Lipinski definition) is 3. The lowest BCUT2D eigenvalue weighted by molar-refractivity contribution is 1.17. The molecule has 3 nitrogen and oxygen atoms in total. The second-order valence-electron chi connectivity index (χ2n) is 3.08. The topological polar surface area (TPSA) is 37.8 Å². The Kier molecular flexibility index (Phi) is 3.94. The van der Waals surface area contributed by atoms with Gasteiger partial charge in [-0.3, -0.25) is 0 Å². The third-order valence-electron chi connectivity index (χ3n) is 1.90. The van der Waals surface area contributed by atoms with Crippen LogP contribution in [0.5, 0.6) is 0 Å². The lowest BCUT2D eigenvalue weighted by atomic mass is 10.3. The van der Waals surface area contributed by atoms with E-state index < -0.39 is 0 Å². The summed E-state index contributed by atoms with van der Waals surface area (Å²) in [6.45, 7) is 0. The number of hydrogen-bond donors (Lipinski definition) is 1. The van der Waals surface area contributed by atoms with Crippen molar-refractivity contribution in [1.82, 2.24) is 9.97 Å². The highest BCUT2D eigenvalue weighted by Crippen LogP contribution is 2.33. The second-order valence-corrected chi connectivity index (χ2v) is 4.64. The van der Waals surface area contributed by atoms with Crippen molar-refractivity contribution in [2.24, 2.45) is 0 Å². The van der Waals surface area contributed by atoms with E-state index in [2.05, 4.69) is 15.3 Å². The molecule has 0 spiro atoms. The number of nitrogens with one attached hydrogen (secondary N) is 1. The summed E-state index contributed by atoms with van der Waals surface area (Å²) in [6, 6.07) is 4.82. The molecule has 0 unspecified atom stereocenters. The zero-order valence-electron chi connectivity index (χ0n) is 8.22. The van der Waals surface area contributed by atoms with E-state index in [9.17, 15) is 0 Å². The minimum absolute atomic E-state index is 0.145. The van der Waals surface area contributed by atoms with Gasteiger partial charge in [0, 0.05) is 6.20 Å². The molecule has 1 aromatic heterocycles. The van der Waals surface area contributed by atoms with Crippen LogP contribution in [-0.2, 0) is 0 Å². The molecule has 0 amide bonds. The molecule has 1 N–H and O–H groups in total. The van der Waals surface area contributed by atoms with Crippen molar-refractivity contribution < 1.29 is 0 Å². The summed E-state index contributed by atoms with van der Waals surface area (Å²) in [4.78, 5) is 7.74. The monoisotopic (exact) mass is 307 g/mol. The molecule has 0 atom stereocenters. The van der Waals surface area contributed by atoms with Gasteiger partial charge in [0.05, 0.1) is 20.8 Å². The van der Waals surface area contributed by atoms with E-state index in [-0.39, 0.29) is 5.28 Å². The van der Waals surface area contributed by atoms with Crippen LogP contribution in [0, 0.1) is 0 Å². The number of benzene rings is 1. The van der Waals surface area contributed by atoms with Crippen LogP contribution in [-0.4, -0.2) is 9.97 Å². The molecule has 0 aliphatic heterocycles. The van der Waals surface area contributed by atoms with Crippen molar-refractivity contribution in [3.8, 4) is 0 Å². The van der Waals surface area contributed by atoms with Crippen molar-refractivity contribution in [3.63, 3.8) is 0 Å². The summed E-state index contributed by atoms with van der Waals surface area (Å²) >= 11 is 23.4. The first-order chi connectivity index (χ1) is 8.06. The van der Waals surface area contributed by atoms with E-state index in [0.717, 1.165) is 0 Å². The van der Waals surface area contributed by atoms with Crippen molar-refractivity contribution in [2.45, 2.75) is 0 Å². The summed E-state index contributed by atoms with van der Waals surface area (Å²) in [5, 5.41) is 4.35. The first-order valence-corrected chi connectivity index (χ1v) is 5.97. The Labute approximate surface area is 118 Å². The van der Waals surface area contributed by atoms with Crippen LogP contribution in [0.1, 0.15) is 0 Å². The SMILES string of the molecule is Clc1nccc(Nc2cc(Cl)c(Cl)cc2Cl)n1. The van der Waals surface area contributed by atoms with E-state index in [1.165, 1.54) is 6.20 Å². The molecule has 0 aliphatic carbocycles. The summed E-state index contributed by atoms with van der Waals surface area (Å²) in [6.07, 6.45) is 1.53. The van der Waals surface area contributed by atoms with Crippen LogP contribution in [0.4, 0.5) is 11.5 Å². The second kappa shape index (κ2) is 5.27. The van der Waals surface area contributed by atoms with Crippen molar-refractivity contribution in [1.29, 1.82) is 0 Å². The average Bonchev–Trinajstić information content (AvgIpc) is 2.26. The normalized spacial score (nSPS) is 10.4. The molecule has 1 heterocycles. The Balaban J connectivity index is 2.33. The van der Waals surface area contributed by atoms with Crippen molar-refractivity contribution in [3.05, 3.63) is 44.7 Å². The Hall–Kier alpha value is -0.740. The Morgan fingerprint density at radius 1 is 0.941 bits per heavy atom. The molecule has 0 radical (unpaired) electrons. The number of anilines is 2. The molecule has 0 aliphatic rings. The van der Waals surface area contributed by atoms with Crippen molar-refractivity contribution >= 4 is 57.9 Å². The first-order valence-electron chi connectivity index (χ1n) is 4.46. The maximum Gasteiger partial charge on any atom is 0.224 e. The van der Waals surface area contributed by atoms with Gasteiger partial charge < -0.3 is 5.32 Å². The molecule has 2 aromatic rings. The van der Waals surface area contributed by atoms with Gasteiger partial charge in [-0.15, -0.1) is 0 Å². The van der Waals surface area contributed by atoms with Gasteiger partial charge in [-0.05, 0) is 29.8 Å². The summed E-state index contributed by atoms with van der Waals surface area (Å²) < 4.78 is 0. The highest BCUT2D eigenvalue weighted by Gasteiger charge is 2.07. The lowest BCUT2D eigenvalue weighted by Crippen LogP contribution is -1.95. The molecule has 0 saturated heterocycles. The van der Waals surface area contributed by atoms with Gasteiger partial charge >= 0.3 is 0 Å². The minimum Gasteiger partial charge on any atom is -0.339 e. The highest BCUT2D eigenvalue weighted by atomic mass is 35.5. The molecule has 17 heavy (non-hydrogen) atoms. The smallest absolute Gasteiger partial charge is 0.224 e. The van der Waals surface area contributed by atoms with Gasteiger partial charge in [0.25, 0.3) is 0 Å². The summed E-state index contributed by atoms with van der Waals surface area (Å²) in [5.74, 6) is 0.519. The number of aromatic nitrogens is 2. The van der Waals surface area contributed by atoms with Crippen LogP contribution in [0.2, 0.25) is 20.4 Å². The van der Waals surface area contributed by atoms with Crippen LogP contribution >= 0.6 is 46.4 Å². The zero-order valence-corrected chi connectivity index (χ0v) is 11.2. The van der Waals surface area contributed by atoms with Gasteiger partial charge in [0.15, 0.2) is 0 Å². The molecule has 0 fully saturated rings. The highest BCUT2D eigenvalue weighted by molar-refractivity contribution is 6.44. The van der Waals surface area contributed by atoms with Crippen molar-refractivity contribution in [2.75, 3.05) is 5.32 Å². The van der Waals surface area contributed by atoms with Crippen LogP contribution < -0.4 is 5.32 Å². The van der Waals surface area contributed by atoms with E-state index in [4.69, 9.17) is 46.4 Å². The van der Waals surface area contributed by atoms with Gasteiger partial charge in [-0.2, -0.15) is 0 Å². The third-order valence-corrected chi connectivity index (χ3v) is 3.12. The maximum atomic E-state index is 6.01.